The van der Waals surface area contributed by atoms with Crippen LogP contribution in [0.5, 0.6) is 0 Å². The van der Waals surface area contributed by atoms with Gasteiger partial charge in [-0.15, -0.1) is 0 Å². The molecule has 0 bridgehead atoms. The summed E-state index contributed by atoms with van der Waals surface area (Å²) in [6, 6.07) is 0. The molecule has 6 nitrogen and oxygen atoms in total. The zero-order valence-electron chi connectivity index (χ0n) is 7.69. The summed E-state index contributed by atoms with van der Waals surface area (Å²) in [6.07, 6.45) is -0.252. The van der Waals surface area contributed by atoms with Crippen LogP contribution in [0.25, 0.3) is 0 Å². The van der Waals surface area contributed by atoms with E-state index in [2.05, 4.69) is 0 Å². The monoisotopic (exact) mass is 224 g/mol. The van der Waals surface area contributed by atoms with Crippen molar-refractivity contribution in [3.63, 3.8) is 0 Å². The first-order valence-corrected chi connectivity index (χ1v) is 3.59. The lowest BCUT2D eigenvalue weighted by Crippen LogP contribution is -2.46. The van der Waals surface area contributed by atoms with E-state index in [1.54, 1.807) is 0 Å². The van der Waals surface area contributed by atoms with Crippen molar-refractivity contribution >= 4 is 27.8 Å². The van der Waals surface area contributed by atoms with E-state index < -0.39 is 29.7 Å². The molecule has 3 N–H and O–H groups in total. The van der Waals surface area contributed by atoms with Crippen LogP contribution >= 0.6 is 9.90 Å². The number of carboxylic acids is 3. The largest absolute Gasteiger partial charge is 0.480 e. The molecule has 0 aromatic carbocycles. The van der Waals surface area contributed by atoms with Crippen molar-refractivity contribution in [3.05, 3.63) is 0 Å². The van der Waals surface area contributed by atoms with Gasteiger partial charge >= 0.3 is 17.9 Å². The molecule has 82 valence electrons. The Hall–Kier alpha value is -1.16. The van der Waals surface area contributed by atoms with Crippen LogP contribution in [-0.2, 0) is 14.4 Å². The smallest absolute Gasteiger partial charge is 0.332 e. The van der Waals surface area contributed by atoms with Crippen LogP contribution in [0.4, 0.5) is 0 Å². The molecule has 0 saturated heterocycles. The summed E-state index contributed by atoms with van der Waals surface area (Å²) in [5.41, 5.74) is -2.70. The van der Waals surface area contributed by atoms with E-state index in [1.165, 1.54) is 6.92 Å². The van der Waals surface area contributed by atoms with Gasteiger partial charge in [-0.05, 0) is 6.42 Å². The molecule has 1 atom stereocenters. The van der Waals surface area contributed by atoms with Crippen molar-refractivity contribution in [1.82, 2.24) is 0 Å². The van der Waals surface area contributed by atoms with Gasteiger partial charge in [0.25, 0.3) is 5.41 Å². The molecule has 0 amide bonds. The highest BCUT2D eigenvalue weighted by Gasteiger charge is 2.53. The second-order valence-corrected chi connectivity index (χ2v) is 2.57. The number of hydrogen-bond acceptors (Lipinski definition) is 3. The van der Waals surface area contributed by atoms with Crippen molar-refractivity contribution in [2.24, 2.45) is 5.41 Å². The second kappa shape index (κ2) is 5.54. The van der Waals surface area contributed by atoms with E-state index in [9.17, 15) is 14.4 Å². The third-order valence-corrected chi connectivity index (χ3v) is 1.72. The number of carboxylic acid groups (broad SMARTS) is 3. The van der Waals surface area contributed by atoms with Gasteiger partial charge in [-0.1, -0.05) is 13.3 Å². The highest BCUT2D eigenvalue weighted by molar-refractivity contribution is 6.92. The molecule has 7 heteroatoms. The maximum atomic E-state index is 10.5. The molecular weight excluding hydrogens is 211 g/mol. The summed E-state index contributed by atoms with van der Waals surface area (Å²) in [5.74, 6) is -5.52. The molecular formula is C7H13O6P. The normalized spacial score (nSPS) is 10.1. The Labute approximate surface area is 83.5 Å². The minimum absolute atomic E-state index is 0. The zero-order valence-corrected chi connectivity index (χ0v) is 9.10. The predicted octanol–water partition coefficient (Wildman–Crippen LogP) is 0.0848. The molecule has 0 aromatic rings. The van der Waals surface area contributed by atoms with Crippen LogP contribution in [0.2, 0.25) is 0 Å². The lowest BCUT2D eigenvalue weighted by molar-refractivity contribution is -0.176. The van der Waals surface area contributed by atoms with Crippen molar-refractivity contribution in [2.75, 3.05) is 0 Å². The second-order valence-electron chi connectivity index (χ2n) is 2.57. The van der Waals surface area contributed by atoms with Crippen LogP contribution in [0.15, 0.2) is 0 Å². The van der Waals surface area contributed by atoms with E-state index in [1.807, 2.05) is 0 Å². The van der Waals surface area contributed by atoms with E-state index in [4.69, 9.17) is 15.3 Å². The van der Waals surface area contributed by atoms with E-state index in [0.717, 1.165) is 0 Å². The summed E-state index contributed by atoms with van der Waals surface area (Å²) in [6.45, 7) is 1.52. The first-order chi connectivity index (χ1) is 5.89. The molecule has 0 aliphatic rings. The topological polar surface area (TPSA) is 112 Å². The number of carbonyl (C=O) groups is 3. The highest BCUT2D eigenvalue weighted by atomic mass is 31.0. The third kappa shape index (κ3) is 2.42. The SMILES string of the molecule is CCCC(C(=O)O)(C(=O)O)C(=O)O.P. The maximum absolute atomic E-state index is 10.5. The van der Waals surface area contributed by atoms with Crippen molar-refractivity contribution in [2.45, 2.75) is 19.8 Å². The Bertz CT molecular complexity index is 213. The molecule has 0 fully saturated rings. The van der Waals surface area contributed by atoms with E-state index >= 15 is 0 Å². The first kappa shape index (κ1) is 15.3. The fraction of sp³-hybridized carbons (Fsp3) is 0.571. The van der Waals surface area contributed by atoms with Crippen molar-refractivity contribution in [1.29, 1.82) is 0 Å². The first-order valence-electron chi connectivity index (χ1n) is 3.59. The van der Waals surface area contributed by atoms with Gasteiger partial charge < -0.3 is 15.3 Å². The molecule has 1 unspecified atom stereocenters. The number of hydrogen-bond donors (Lipinski definition) is 3. The molecule has 0 saturated carbocycles. The van der Waals surface area contributed by atoms with Crippen LogP contribution < -0.4 is 0 Å². The van der Waals surface area contributed by atoms with Gasteiger partial charge in [0, 0.05) is 0 Å². The van der Waals surface area contributed by atoms with Gasteiger partial charge in [0.2, 0.25) is 0 Å². The number of rotatable bonds is 5. The van der Waals surface area contributed by atoms with Crippen molar-refractivity contribution in [3.8, 4) is 0 Å². The predicted molar refractivity (Wildman–Crippen MR) is 51.4 cm³/mol. The summed E-state index contributed by atoms with van der Waals surface area (Å²) < 4.78 is 0. The van der Waals surface area contributed by atoms with Crippen LogP contribution in [-0.4, -0.2) is 33.2 Å². The molecule has 0 aliphatic carbocycles. The summed E-state index contributed by atoms with van der Waals surface area (Å²) in [4.78, 5) is 31.6. The van der Waals surface area contributed by atoms with Gasteiger partial charge in [-0.25, -0.2) is 0 Å². The molecule has 0 radical (unpaired) electrons. The lowest BCUT2D eigenvalue weighted by Gasteiger charge is -2.18. The van der Waals surface area contributed by atoms with E-state index in [-0.39, 0.29) is 16.3 Å². The van der Waals surface area contributed by atoms with E-state index in [0.29, 0.717) is 0 Å². The fourth-order valence-electron chi connectivity index (χ4n) is 0.970. The minimum Gasteiger partial charge on any atom is -0.480 e. The van der Waals surface area contributed by atoms with Crippen LogP contribution in [0, 0.1) is 5.41 Å². The van der Waals surface area contributed by atoms with Gasteiger partial charge in [0.15, 0.2) is 0 Å². The Morgan fingerprint density at radius 3 is 1.36 bits per heavy atom. The Kier molecular flexibility index (Phi) is 6.07. The summed E-state index contributed by atoms with van der Waals surface area (Å²) >= 11 is 0. The quantitative estimate of drug-likeness (QED) is 0.450. The fourth-order valence-corrected chi connectivity index (χ4v) is 0.970. The van der Waals surface area contributed by atoms with Crippen LogP contribution in [0.1, 0.15) is 19.8 Å². The van der Waals surface area contributed by atoms with Gasteiger partial charge in [0.05, 0.1) is 0 Å². The van der Waals surface area contributed by atoms with Gasteiger partial charge in [-0.2, -0.15) is 9.90 Å². The maximum Gasteiger partial charge on any atom is 0.332 e. The number of aliphatic carboxylic acids is 3. The Morgan fingerprint density at radius 2 is 1.29 bits per heavy atom. The zero-order chi connectivity index (χ0) is 10.6. The Morgan fingerprint density at radius 1 is 1.00 bits per heavy atom. The van der Waals surface area contributed by atoms with Crippen molar-refractivity contribution < 1.29 is 29.7 Å². The molecule has 0 spiro atoms. The molecule has 0 heterocycles. The average molecular weight is 224 g/mol. The average Bonchev–Trinajstić information content (AvgIpc) is 1.97. The van der Waals surface area contributed by atoms with Gasteiger partial charge in [-0.3, -0.25) is 14.4 Å². The standard InChI is InChI=1S/C7H10O6.H3P/c1-2-3-7(4(8)9,5(10)11)6(12)13;/h2-3H2,1H3,(H,8,9)(H,10,11)(H,12,13);1H3. The van der Waals surface area contributed by atoms with Crippen LogP contribution in [0.3, 0.4) is 0 Å². The minimum atomic E-state index is -2.70. The highest BCUT2D eigenvalue weighted by Crippen LogP contribution is 2.25. The summed E-state index contributed by atoms with van der Waals surface area (Å²) in [5, 5.41) is 25.6. The summed E-state index contributed by atoms with van der Waals surface area (Å²) in [7, 11) is 0. The van der Waals surface area contributed by atoms with Gasteiger partial charge in [0.1, 0.15) is 0 Å². The molecule has 14 heavy (non-hydrogen) atoms. The molecule has 0 rings (SSSR count). The lowest BCUT2D eigenvalue weighted by atomic mass is 9.83. The third-order valence-electron chi connectivity index (χ3n) is 1.72. The molecule has 0 aromatic heterocycles. The molecule has 0 aliphatic heterocycles. The Balaban J connectivity index is 0.